The molecule has 0 saturated heterocycles. The molecule has 1 aromatic heterocycles. The quantitative estimate of drug-likeness (QED) is 0.793. The minimum absolute atomic E-state index is 0.138. The van der Waals surface area contributed by atoms with E-state index in [4.69, 9.17) is 11.5 Å². The van der Waals surface area contributed by atoms with E-state index in [1.54, 1.807) is 29.6 Å². The Morgan fingerprint density at radius 2 is 2.05 bits per heavy atom. The molecule has 1 heterocycles. The molecule has 0 atom stereocenters. The van der Waals surface area contributed by atoms with Crippen molar-refractivity contribution in [3.05, 3.63) is 50.6 Å². The number of hydrogen-bond acceptors (Lipinski definition) is 4. The number of benzene rings is 1. The van der Waals surface area contributed by atoms with E-state index in [1.807, 2.05) is 6.07 Å². The first kappa shape index (κ1) is 15.5. The second-order valence-electron chi connectivity index (χ2n) is 4.51. The minimum Gasteiger partial charge on any atom is -0.399 e. The van der Waals surface area contributed by atoms with Crippen LogP contribution in [0.4, 0.5) is 5.69 Å². The van der Waals surface area contributed by atoms with Gasteiger partial charge in [0.1, 0.15) is 0 Å². The highest BCUT2D eigenvalue weighted by Crippen LogP contribution is 2.22. The van der Waals surface area contributed by atoms with Crippen molar-refractivity contribution in [1.82, 2.24) is 4.90 Å². The van der Waals surface area contributed by atoms with E-state index in [1.165, 1.54) is 16.2 Å². The van der Waals surface area contributed by atoms with Crippen molar-refractivity contribution in [3.63, 3.8) is 0 Å². The molecular weight excluding hydrogens is 354 g/mol. The number of primary amides is 1. The summed E-state index contributed by atoms with van der Waals surface area (Å²) in [5, 5.41) is 1.74. The Morgan fingerprint density at radius 1 is 1.29 bits per heavy atom. The molecule has 0 bridgehead atoms. The Bertz CT molecular complexity index is 672. The SMILES string of the molecule is NC(=O)CN(Cc1cccc(N)c1)C(=O)c1csc(Br)c1. The normalized spacial score (nSPS) is 10.3. The number of rotatable bonds is 5. The summed E-state index contributed by atoms with van der Waals surface area (Å²) in [5.41, 5.74) is 12.9. The zero-order chi connectivity index (χ0) is 15.4. The third-order valence-corrected chi connectivity index (χ3v) is 4.28. The standard InChI is InChI=1S/C14H14BrN3O2S/c15-12-5-10(8-21-12)14(20)18(7-13(17)19)6-9-2-1-3-11(16)4-9/h1-5,8H,6-7,16H2,(H2,17,19). The topological polar surface area (TPSA) is 89.4 Å². The molecule has 0 aliphatic heterocycles. The summed E-state index contributed by atoms with van der Waals surface area (Å²) in [6.07, 6.45) is 0. The second kappa shape index (κ2) is 6.73. The summed E-state index contributed by atoms with van der Waals surface area (Å²) in [4.78, 5) is 25.1. The number of carbonyl (C=O) groups excluding carboxylic acids is 2. The van der Waals surface area contributed by atoms with Crippen LogP contribution in [0.1, 0.15) is 15.9 Å². The molecule has 0 aliphatic rings. The number of anilines is 1. The van der Waals surface area contributed by atoms with E-state index in [2.05, 4.69) is 15.9 Å². The van der Waals surface area contributed by atoms with Crippen molar-refractivity contribution < 1.29 is 9.59 Å². The van der Waals surface area contributed by atoms with Gasteiger partial charge in [-0.15, -0.1) is 11.3 Å². The zero-order valence-corrected chi connectivity index (χ0v) is 13.5. The van der Waals surface area contributed by atoms with Gasteiger partial charge in [0.25, 0.3) is 5.91 Å². The lowest BCUT2D eigenvalue weighted by molar-refractivity contribution is -0.118. The Labute approximate surface area is 134 Å². The van der Waals surface area contributed by atoms with E-state index in [9.17, 15) is 9.59 Å². The van der Waals surface area contributed by atoms with Gasteiger partial charge in [-0.25, -0.2) is 0 Å². The van der Waals surface area contributed by atoms with Gasteiger partial charge in [-0.05, 0) is 39.7 Å². The van der Waals surface area contributed by atoms with Crippen molar-refractivity contribution in [2.75, 3.05) is 12.3 Å². The number of nitrogens with two attached hydrogens (primary N) is 2. The molecule has 7 heteroatoms. The van der Waals surface area contributed by atoms with Gasteiger partial charge in [0.15, 0.2) is 0 Å². The van der Waals surface area contributed by atoms with E-state index < -0.39 is 5.91 Å². The third-order valence-electron chi connectivity index (χ3n) is 2.77. The summed E-state index contributed by atoms with van der Waals surface area (Å²) >= 11 is 4.73. The lowest BCUT2D eigenvalue weighted by Crippen LogP contribution is -2.37. The molecular formula is C14H14BrN3O2S. The molecule has 0 aliphatic carbocycles. The highest BCUT2D eigenvalue weighted by molar-refractivity contribution is 9.11. The van der Waals surface area contributed by atoms with Gasteiger partial charge < -0.3 is 16.4 Å². The molecule has 0 fully saturated rings. The number of nitrogen functional groups attached to an aromatic ring is 1. The maximum Gasteiger partial charge on any atom is 0.255 e. The number of amides is 2. The fraction of sp³-hybridized carbons (Fsp3) is 0.143. The summed E-state index contributed by atoms with van der Waals surface area (Å²) in [6, 6.07) is 8.91. The Morgan fingerprint density at radius 3 is 2.62 bits per heavy atom. The summed E-state index contributed by atoms with van der Waals surface area (Å²) in [5.74, 6) is -0.792. The highest BCUT2D eigenvalue weighted by Gasteiger charge is 2.19. The molecule has 2 amide bonds. The van der Waals surface area contributed by atoms with Crippen molar-refractivity contribution in [2.45, 2.75) is 6.54 Å². The average molecular weight is 368 g/mol. The van der Waals surface area contributed by atoms with Crippen LogP contribution in [0.5, 0.6) is 0 Å². The van der Waals surface area contributed by atoms with Crippen LogP contribution in [-0.4, -0.2) is 23.3 Å². The molecule has 2 aromatic rings. The Balaban J connectivity index is 2.21. The van der Waals surface area contributed by atoms with Gasteiger partial charge in [0.2, 0.25) is 5.91 Å². The maximum absolute atomic E-state index is 12.5. The van der Waals surface area contributed by atoms with Gasteiger partial charge in [-0.2, -0.15) is 0 Å². The number of nitrogens with zero attached hydrogens (tertiary/aromatic N) is 1. The van der Waals surface area contributed by atoms with Crippen LogP contribution in [0.15, 0.2) is 39.5 Å². The van der Waals surface area contributed by atoms with Gasteiger partial charge >= 0.3 is 0 Å². The summed E-state index contributed by atoms with van der Waals surface area (Å²) in [7, 11) is 0. The molecule has 4 N–H and O–H groups in total. The second-order valence-corrected chi connectivity index (χ2v) is 6.80. The number of halogens is 1. The zero-order valence-electron chi connectivity index (χ0n) is 11.1. The first-order chi connectivity index (χ1) is 9.95. The number of carbonyl (C=O) groups is 2. The average Bonchev–Trinajstić information content (AvgIpc) is 2.83. The lowest BCUT2D eigenvalue weighted by Gasteiger charge is -2.21. The lowest BCUT2D eigenvalue weighted by atomic mass is 10.1. The van der Waals surface area contributed by atoms with Gasteiger partial charge in [-0.3, -0.25) is 9.59 Å². The van der Waals surface area contributed by atoms with Gasteiger partial charge in [-0.1, -0.05) is 12.1 Å². The minimum atomic E-state index is -0.554. The van der Waals surface area contributed by atoms with E-state index in [0.29, 0.717) is 11.3 Å². The van der Waals surface area contributed by atoms with Crippen LogP contribution in [0.3, 0.4) is 0 Å². The molecule has 5 nitrogen and oxygen atoms in total. The fourth-order valence-electron chi connectivity index (χ4n) is 1.90. The Kier molecular flexibility index (Phi) is 4.98. The molecule has 0 radical (unpaired) electrons. The summed E-state index contributed by atoms with van der Waals surface area (Å²) < 4.78 is 0.855. The van der Waals surface area contributed by atoms with Crippen LogP contribution in [-0.2, 0) is 11.3 Å². The van der Waals surface area contributed by atoms with Crippen LogP contribution in [0.2, 0.25) is 0 Å². The highest BCUT2D eigenvalue weighted by atomic mass is 79.9. The molecule has 110 valence electrons. The van der Waals surface area contributed by atoms with Gasteiger partial charge in [0, 0.05) is 17.6 Å². The van der Waals surface area contributed by atoms with Crippen molar-refractivity contribution in [3.8, 4) is 0 Å². The van der Waals surface area contributed by atoms with E-state index >= 15 is 0 Å². The smallest absolute Gasteiger partial charge is 0.255 e. The molecule has 0 unspecified atom stereocenters. The van der Waals surface area contributed by atoms with Gasteiger partial charge in [0.05, 0.1) is 15.9 Å². The molecule has 2 rings (SSSR count). The van der Waals surface area contributed by atoms with E-state index in [0.717, 1.165) is 9.35 Å². The van der Waals surface area contributed by atoms with Crippen LogP contribution >= 0.6 is 27.3 Å². The van der Waals surface area contributed by atoms with E-state index in [-0.39, 0.29) is 19.0 Å². The largest absolute Gasteiger partial charge is 0.399 e. The number of hydrogen-bond donors (Lipinski definition) is 2. The first-order valence-electron chi connectivity index (χ1n) is 6.11. The molecule has 21 heavy (non-hydrogen) atoms. The molecule has 1 aromatic carbocycles. The monoisotopic (exact) mass is 367 g/mol. The van der Waals surface area contributed by atoms with Crippen LogP contribution < -0.4 is 11.5 Å². The van der Waals surface area contributed by atoms with Crippen molar-refractivity contribution in [1.29, 1.82) is 0 Å². The first-order valence-corrected chi connectivity index (χ1v) is 7.79. The van der Waals surface area contributed by atoms with Crippen LogP contribution in [0, 0.1) is 0 Å². The fourth-order valence-corrected chi connectivity index (χ4v) is 3.03. The number of thiophene rings is 1. The van der Waals surface area contributed by atoms with Crippen molar-refractivity contribution >= 4 is 44.8 Å². The van der Waals surface area contributed by atoms with Crippen LogP contribution in [0.25, 0.3) is 0 Å². The predicted molar refractivity (Wildman–Crippen MR) is 86.8 cm³/mol. The molecule has 0 spiro atoms. The van der Waals surface area contributed by atoms with Crippen molar-refractivity contribution in [2.24, 2.45) is 5.73 Å². The maximum atomic E-state index is 12.5. The third kappa shape index (κ3) is 4.30. The predicted octanol–water partition coefficient (Wildman–Crippen LogP) is 2.22. The molecule has 0 saturated carbocycles. The summed E-state index contributed by atoms with van der Waals surface area (Å²) in [6.45, 7) is 0.140. The Hall–Kier alpha value is -1.86.